The maximum Gasteiger partial charge on any atom is 0.217 e. The number of nitrogens with one attached hydrogen (secondary N) is 2. The summed E-state index contributed by atoms with van der Waals surface area (Å²) in [5.74, 6) is -1.44. The van der Waals surface area contributed by atoms with Gasteiger partial charge in [-0.1, -0.05) is 0 Å². The summed E-state index contributed by atoms with van der Waals surface area (Å²) in [5, 5.41) is 130. The van der Waals surface area contributed by atoms with E-state index in [-0.39, 0.29) is 0 Å². The van der Waals surface area contributed by atoms with Crippen molar-refractivity contribution in [2.75, 3.05) is 26.4 Å². The molecule has 4 aliphatic heterocycles. The fourth-order valence-electron chi connectivity index (χ4n) is 6.32. The Morgan fingerprint density at radius 3 is 1.25 bits per heavy atom. The first-order valence-corrected chi connectivity index (χ1v) is 16.1. The standard InChI is InChI=1S/C28H48N2O21/c1-7(35)29-13-18(40)15(37)9(3-31)46-26(13)49-22-12(6-34)45-25(44)21(43)23(22)50-28-24(20(42)17(39)11(5-33)48-28)51-27-14(30-8(2)36)19(41)16(38)10(4-32)47-27/h9-28,31-34,37-44H,3-6H2,1-2H3,(H,29,35)(H,30,36)/t9-,10-,11-,12-,13-,14-,15-,16-,17-,18-,19-,20+,21+,22-,23-,24+,25?,26+,27+,28-/m1/s1. The van der Waals surface area contributed by atoms with Gasteiger partial charge in [0.15, 0.2) is 25.2 Å². The lowest BCUT2D eigenvalue weighted by molar-refractivity contribution is -0.392. The molecule has 0 aromatic carbocycles. The number of aliphatic hydroxyl groups is 12. The Bertz CT molecular complexity index is 1140. The van der Waals surface area contributed by atoms with Crippen LogP contribution < -0.4 is 10.6 Å². The molecule has 4 heterocycles. The molecule has 51 heavy (non-hydrogen) atoms. The Balaban J connectivity index is 1.69. The third-order valence-electron chi connectivity index (χ3n) is 9.01. The highest BCUT2D eigenvalue weighted by molar-refractivity contribution is 5.73. The Hall–Kier alpha value is -1.82. The van der Waals surface area contributed by atoms with Gasteiger partial charge >= 0.3 is 0 Å². The number of aliphatic hydroxyl groups excluding tert-OH is 12. The van der Waals surface area contributed by atoms with Crippen LogP contribution in [0, 0.1) is 0 Å². The lowest BCUT2D eigenvalue weighted by Crippen LogP contribution is -2.70. The van der Waals surface area contributed by atoms with Gasteiger partial charge in [-0.2, -0.15) is 0 Å². The SMILES string of the molecule is CC(=O)N[C@H]1[C@H](O[C@@H]2[C@@H](O[C@H]3[C@H](O[C@@H]4O[C@H](CO)[C@@H](O)[C@H](O)[C@H]4NC(C)=O)[C@@H](CO)OC(O)[C@H]3O)O[C@H](CO)[C@@H](O)[C@@H]2O)O[C@H](CO)[C@@H](O)[C@@H]1O. The highest BCUT2D eigenvalue weighted by atomic mass is 16.8. The van der Waals surface area contributed by atoms with Crippen LogP contribution in [0.15, 0.2) is 0 Å². The first kappa shape index (κ1) is 41.9. The van der Waals surface area contributed by atoms with E-state index >= 15 is 0 Å². The van der Waals surface area contributed by atoms with E-state index in [0.29, 0.717) is 0 Å². The van der Waals surface area contributed by atoms with Crippen LogP contribution in [0.25, 0.3) is 0 Å². The summed E-state index contributed by atoms with van der Waals surface area (Å²) in [5.41, 5.74) is 0. The van der Waals surface area contributed by atoms with E-state index in [4.69, 9.17) is 33.2 Å². The van der Waals surface area contributed by atoms with Gasteiger partial charge in [0.1, 0.15) is 97.5 Å². The average molecular weight is 749 g/mol. The van der Waals surface area contributed by atoms with Crippen LogP contribution in [0.3, 0.4) is 0 Å². The molecule has 4 aliphatic rings. The monoisotopic (exact) mass is 748 g/mol. The minimum Gasteiger partial charge on any atom is -0.394 e. The topological polar surface area (TPSA) is 366 Å². The molecule has 20 atom stereocenters. The Morgan fingerprint density at radius 1 is 0.471 bits per heavy atom. The number of hydrogen-bond donors (Lipinski definition) is 14. The summed E-state index contributed by atoms with van der Waals surface area (Å²) in [7, 11) is 0. The molecule has 0 aromatic heterocycles. The molecule has 4 fully saturated rings. The maximum absolute atomic E-state index is 12.0. The molecule has 4 rings (SSSR count). The molecule has 0 saturated carbocycles. The number of ether oxygens (including phenoxy) is 7. The molecule has 0 aromatic rings. The molecule has 14 N–H and O–H groups in total. The molecule has 2 amide bonds. The van der Waals surface area contributed by atoms with Crippen molar-refractivity contribution in [3.8, 4) is 0 Å². The van der Waals surface area contributed by atoms with Crippen molar-refractivity contribution >= 4 is 11.8 Å². The zero-order valence-electron chi connectivity index (χ0n) is 27.4. The van der Waals surface area contributed by atoms with Gasteiger partial charge in [0, 0.05) is 13.8 Å². The van der Waals surface area contributed by atoms with Crippen molar-refractivity contribution in [1.82, 2.24) is 10.6 Å². The molecule has 0 bridgehead atoms. The predicted octanol–water partition coefficient (Wildman–Crippen LogP) is -9.46. The maximum atomic E-state index is 12.0. The quantitative estimate of drug-likeness (QED) is 0.0881. The molecule has 4 saturated heterocycles. The number of hydrogen-bond acceptors (Lipinski definition) is 21. The van der Waals surface area contributed by atoms with E-state index in [1.807, 2.05) is 0 Å². The second-order valence-corrected chi connectivity index (χ2v) is 12.6. The summed E-state index contributed by atoms with van der Waals surface area (Å²) >= 11 is 0. The van der Waals surface area contributed by atoms with E-state index in [2.05, 4.69) is 10.6 Å². The van der Waals surface area contributed by atoms with Gasteiger partial charge in [0.2, 0.25) is 11.8 Å². The van der Waals surface area contributed by atoms with Gasteiger partial charge < -0.3 is 105 Å². The van der Waals surface area contributed by atoms with Crippen LogP contribution in [-0.4, -0.2) is 222 Å². The fraction of sp³-hybridized carbons (Fsp3) is 0.929. The normalized spacial score (nSPS) is 47.8. The van der Waals surface area contributed by atoms with Crippen molar-refractivity contribution in [3.05, 3.63) is 0 Å². The van der Waals surface area contributed by atoms with Crippen molar-refractivity contribution in [3.63, 3.8) is 0 Å². The first-order chi connectivity index (χ1) is 24.1. The molecule has 296 valence electrons. The van der Waals surface area contributed by atoms with E-state index in [0.717, 1.165) is 13.8 Å². The minimum absolute atomic E-state index is 0.713. The molecule has 0 radical (unpaired) electrons. The molecule has 1 unspecified atom stereocenters. The highest BCUT2D eigenvalue weighted by Crippen LogP contribution is 2.35. The lowest BCUT2D eigenvalue weighted by atomic mass is 9.94. The second-order valence-electron chi connectivity index (χ2n) is 12.6. The third kappa shape index (κ3) is 9.11. The Kier molecular flexibility index (Phi) is 14.8. The second kappa shape index (κ2) is 18.0. The summed E-state index contributed by atoms with van der Waals surface area (Å²) in [6.07, 6.45) is -32.3. The van der Waals surface area contributed by atoms with Gasteiger partial charge in [0.25, 0.3) is 0 Å². The van der Waals surface area contributed by atoms with Crippen LogP contribution in [0.5, 0.6) is 0 Å². The summed E-state index contributed by atoms with van der Waals surface area (Å²) < 4.78 is 39.9. The molecule has 23 nitrogen and oxygen atoms in total. The van der Waals surface area contributed by atoms with Crippen molar-refractivity contribution < 1.29 is 104 Å². The Morgan fingerprint density at radius 2 is 0.843 bits per heavy atom. The Labute approximate surface area is 289 Å². The van der Waals surface area contributed by atoms with Crippen molar-refractivity contribution in [1.29, 1.82) is 0 Å². The zero-order chi connectivity index (χ0) is 37.9. The van der Waals surface area contributed by atoms with E-state index in [9.17, 15) is 70.9 Å². The summed E-state index contributed by atoms with van der Waals surface area (Å²) in [6.45, 7) is -1.37. The van der Waals surface area contributed by atoms with Gasteiger partial charge in [-0.15, -0.1) is 0 Å². The molecular formula is C28H48N2O21. The van der Waals surface area contributed by atoms with E-state index in [1.165, 1.54) is 0 Å². The van der Waals surface area contributed by atoms with Crippen LogP contribution in [0.1, 0.15) is 13.8 Å². The van der Waals surface area contributed by atoms with Gasteiger partial charge in [0.05, 0.1) is 26.4 Å². The smallest absolute Gasteiger partial charge is 0.217 e. The van der Waals surface area contributed by atoms with Crippen LogP contribution >= 0.6 is 0 Å². The van der Waals surface area contributed by atoms with Gasteiger partial charge in [-0.3, -0.25) is 9.59 Å². The third-order valence-corrected chi connectivity index (χ3v) is 9.01. The first-order valence-electron chi connectivity index (χ1n) is 16.1. The van der Waals surface area contributed by atoms with Crippen molar-refractivity contribution in [2.24, 2.45) is 0 Å². The minimum atomic E-state index is -2.08. The predicted molar refractivity (Wildman–Crippen MR) is 157 cm³/mol. The largest absolute Gasteiger partial charge is 0.394 e. The molecule has 23 heteroatoms. The number of amides is 2. The van der Waals surface area contributed by atoms with Crippen LogP contribution in [0.4, 0.5) is 0 Å². The summed E-state index contributed by atoms with van der Waals surface area (Å²) in [6, 6.07) is -3.08. The van der Waals surface area contributed by atoms with Crippen molar-refractivity contribution in [2.45, 2.75) is 137 Å². The average Bonchev–Trinajstić information content (AvgIpc) is 3.09. The van der Waals surface area contributed by atoms with Gasteiger partial charge in [-0.05, 0) is 0 Å². The zero-order valence-corrected chi connectivity index (χ0v) is 27.4. The van der Waals surface area contributed by atoms with E-state index < -0.39 is 161 Å². The number of carbonyl (C=O) groups is 2. The lowest BCUT2D eigenvalue weighted by Gasteiger charge is -2.50. The molecular weight excluding hydrogens is 700 g/mol. The molecule has 0 spiro atoms. The summed E-state index contributed by atoms with van der Waals surface area (Å²) in [4.78, 5) is 23.9. The fourth-order valence-corrected chi connectivity index (χ4v) is 6.32. The highest BCUT2D eigenvalue weighted by Gasteiger charge is 2.56. The van der Waals surface area contributed by atoms with E-state index in [1.54, 1.807) is 0 Å². The van der Waals surface area contributed by atoms with Crippen LogP contribution in [0.2, 0.25) is 0 Å². The number of carbonyl (C=O) groups excluding carboxylic acids is 2. The number of rotatable bonds is 12. The van der Waals surface area contributed by atoms with Crippen LogP contribution in [-0.2, 0) is 42.7 Å². The molecule has 0 aliphatic carbocycles. The van der Waals surface area contributed by atoms with Gasteiger partial charge in [-0.25, -0.2) is 0 Å².